The van der Waals surface area contributed by atoms with Crippen LogP contribution in [0.3, 0.4) is 0 Å². The van der Waals surface area contributed by atoms with E-state index in [1.165, 1.54) is 0 Å². The second-order valence-electron chi connectivity index (χ2n) is 7.64. The summed E-state index contributed by atoms with van der Waals surface area (Å²) in [5.41, 5.74) is 3.13. The Labute approximate surface area is 223 Å². The number of benzene rings is 3. The van der Waals surface area contributed by atoms with Crippen molar-refractivity contribution in [2.75, 3.05) is 6.61 Å². The number of ether oxygens (including phenoxy) is 2. The van der Waals surface area contributed by atoms with Crippen LogP contribution >= 0.6 is 46.4 Å². The van der Waals surface area contributed by atoms with Gasteiger partial charge in [0.15, 0.2) is 5.69 Å². The number of nitrogens with zero attached hydrogens (tertiary/aromatic N) is 2. The monoisotopic (exact) mass is 548 g/mol. The van der Waals surface area contributed by atoms with Crippen molar-refractivity contribution in [2.24, 2.45) is 0 Å². The molecule has 4 aromatic rings. The van der Waals surface area contributed by atoms with E-state index in [2.05, 4.69) is 4.98 Å². The van der Waals surface area contributed by atoms with Gasteiger partial charge in [-0.1, -0.05) is 88.9 Å². The van der Waals surface area contributed by atoms with Gasteiger partial charge < -0.3 is 9.47 Å². The first-order valence-electron chi connectivity index (χ1n) is 10.6. The minimum Gasteiger partial charge on any atom is -0.489 e. The van der Waals surface area contributed by atoms with E-state index in [-0.39, 0.29) is 5.69 Å². The Balaban J connectivity index is 1.68. The Bertz CT molecular complexity index is 1320. The van der Waals surface area contributed by atoms with Gasteiger partial charge in [0.25, 0.3) is 0 Å². The Hall–Kier alpha value is -2.70. The van der Waals surface area contributed by atoms with Crippen LogP contribution in [0.15, 0.2) is 78.9 Å². The molecule has 3 aromatic carbocycles. The van der Waals surface area contributed by atoms with Crippen molar-refractivity contribution in [2.45, 2.75) is 17.3 Å². The Morgan fingerprint density at radius 1 is 0.943 bits per heavy atom. The SMILES string of the molecule is Cc1c(C(=O)OCC(Cl)(Cl)Cl)nc(-c2ccccc2Cl)n1-c1ccc(OCc2ccccc2)cc1. The standard InChI is InChI=1S/C26H20Cl4N2O3/c1-17-23(25(33)35-16-26(28,29)30)31-24(21-9-5-6-10-22(21)27)32(17)19-11-13-20(14-12-19)34-15-18-7-3-2-4-8-18/h2-14H,15-16H2,1H3. The van der Waals surface area contributed by atoms with Crippen LogP contribution in [-0.2, 0) is 11.3 Å². The highest BCUT2D eigenvalue weighted by Crippen LogP contribution is 2.33. The fraction of sp³-hybridized carbons (Fsp3) is 0.154. The summed E-state index contributed by atoms with van der Waals surface area (Å²) < 4.78 is 11.2. The van der Waals surface area contributed by atoms with Crippen LogP contribution in [0.25, 0.3) is 17.1 Å². The Morgan fingerprint density at radius 3 is 2.26 bits per heavy atom. The molecule has 4 rings (SSSR count). The van der Waals surface area contributed by atoms with E-state index in [4.69, 9.17) is 55.9 Å². The van der Waals surface area contributed by atoms with Crippen LogP contribution in [0.4, 0.5) is 0 Å². The molecule has 0 unspecified atom stereocenters. The van der Waals surface area contributed by atoms with Crippen molar-refractivity contribution in [3.63, 3.8) is 0 Å². The van der Waals surface area contributed by atoms with Crippen LogP contribution in [0, 0.1) is 6.92 Å². The maximum atomic E-state index is 12.8. The Kier molecular flexibility index (Phi) is 7.92. The molecule has 0 spiro atoms. The predicted octanol–water partition coefficient (Wildman–Crippen LogP) is 7.61. The highest BCUT2D eigenvalue weighted by Gasteiger charge is 2.27. The quantitative estimate of drug-likeness (QED) is 0.176. The van der Waals surface area contributed by atoms with E-state index in [1.54, 1.807) is 13.0 Å². The van der Waals surface area contributed by atoms with Gasteiger partial charge in [0.05, 0.1) is 10.7 Å². The van der Waals surface area contributed by atoms with E-state index in [0.29, 0.717) is 34.5 Å². The summed E-state index contributed by atoms with van der Waals surface area (Å²) in [7, 11) is 0. The van der Waals surface area contributed by atoms with Crippen LogP contribution in [-0.4, -0.2) is 25.9 Å². The lowest BCUT2D eigenvalue weighted by molar-refractivity contribution is 0.0505. The summed E-state index contributed by atoms with van der Waals surface area (Å²) >= 11 is 23.7. The van der Waals surface area contributed by atoms with Gasteiger partial charge in [-0.3, -0.25) is 4.57 Å². The smallest absolute Gasteiger partial charge is 0.359 e. The molecule has 0 atom stereocenters. The van der Waals surface area contributed by atoms with Gasteiger partial charge in [0.2, 0.25) is 3.79 Å². The topological polar surface area (TPSA) is 53.3 Å². The van der Waals surface area contributed by atoms with Crippen molar-refractivity contribution in [3.05, 3.63) is 101 Å². The molecule has 0 aliphatic heterocycles. The fourth-order valence-electron chi connectivity index (χ4n) is 3.48. The number of halogens is 4. The minimum absolute atomic E-state index is 0.0959. The van der Waals surface area contributed by atoms with E-state index < -0.39 is 16.4 Å². The summed E-state index contributed by atoms with van der Waals surface area (Å²) in [5.74, 6) is 0.479. The second-order valence-corrected chi connectivity index (χ2v) is 10.6. The average Bonchev–Trinajstić information content (AvgIpc) is 3.19. The molecule has 0 aliphatic carbocycles. The lowest BCUT2D eigenvalue weighted by atomic mass is 10.2. The number of alkyl halides is 3. The predicted molar refractivity (Wildman–Crippen MR) is 140 cm³/mol. The summed E-state index contributed by atoms with van der Waals surface area (Å²) in [4.78, 5) is 17.3. The molecule has 0 radical (unpaired) electrons. The van der Waals surface area contributed by atoms with Crippen LogP contribution in [0.5, 0.6) is 5.75 Å². The third-order valence-electron chi connectivity index (χ3n) is 5.13. The van der Waals surface area contributed by atoms with E-state index in [0.717, 1.165) is 11.3 Å². The zero-order chi connectivity index (χ0) is 25.0. The third-order valence-corrected chi connectivity index (χ3v) is 5.78. The molecular formula is C26H20Cl4N2O3. The average molecular weight is 550 g/mol. The molecule has 1 heterocycles. The first-order valence-corrected chi connectivity index (χ1v) is 12.1. The largest absolute Gasteiger partial charge is 0.489 e. The summed E-state index contributed by atoms with van der Waals surface area (Å²) in [6.45, 7) is 1.81. The van der Waals surface area contributed by atoms with Gasteiger partial charge in [0.1, 0.15) is 24.8 Å². The van der Waals surface area contributed by atoms with Gasteiger partial charge >= 0.3 is 5.97 Å². The second kappa shape index (κ2) is 10.9. The number of hydrogen-bond donors (Lipinski definition) is 0. The van der Waals surface area contributed by atoms with E-state index >= 15 is 0 Å². The lowest BCUT2D eigenvalue weighted by Gasteiger charge is -2.13. The number of esters is 1. The van der Waals surface area contributed by atoms with Crippen LogP contribution in [0.1, 0.15) is 21.7 Å². The number of aromatic nitrogens is 2. The lowest BCUT2D eigenvalue weighted by Crippen LogP contribution is -2.18. The van der Waals surface area contributed by atoms with Crippen molar-refractivity contribution in [1.82, 2.24) is 9.55 Å². The third kappa shape index (κ3) is 6.30. The van der Waals surface area contributed by atoms with Gasteiger partial charge in [0, 0.05) is 11.3 Å². The van der Waals surface area contributed by atoms with E-state index in [1.807, 2.05) is 77.4 Å². The maximum Gasteiger partial charge on any atom is 0.359 e. The van der Waals surface area contributed by atoms with Crippen molar-refractivity contribution in [1.29, 1.82) is 0 Å². The maximum absolute atomic E-state index is 12.8. The number of hydrogen-bond acceptors (Lipinski definition) is 4. The van der Waals surface area contributed by atoms with Crippen molar-refractivity contribution < 1.29 is 14.3 Å². The molecule has 0 saturated carbocycles. The zero-order valence-electron chi connectivity index (χ0n) is 18.6. The normalized spacial score (nSPS) is 11.3. The summed E-state index contributed by atoms with van der Waals surface area (Å²) in [6.07, 6.45) is 0. The first-order chi connectivity index (χ1) is 16.7. The minimum atomic E-state index is -1.73. The highest BCUT2D eigenvalue weighted by molar-refractivity contribution is 6.67. The molecule has 180 valence electrons. The van der Waals surface area contributed by atoms with Crippen LogP contribution < -0.4 is 4.74 Å². The molecular weight excluding hydrogens is 530 g/mol. The number of rotatable bonds is 7. The molecule has 0 amide bonds. The molecule has 0 aliphatic rings. The highest BCUT2D eigenvalue weighted by atomic mass is 35.6. The van der Waals surface area contributed by atoms with Gasteiger partial charge in [-0.05, 0) is 48.9 Å². The molecule has 1 aromatic heterocycles. The summed E-state index contributed by atoms with van der Waals surface area (Å²) in [5, 5.41) is 0.489. The number of carbonyl (C=O) groups excluding carboxylic acids is 1. The van der Waals surface area contributed by atoms with Crippen LogP contribution in [0.2, 0.25) is 5.02 Å². The van der Waals surface area contributed by atoms with Gasteiger partial charge in [-0.15, -0.1) is 0 Å². The molecule has 0 saturated heterocycles. The van der Waals surface area contributed by atoms with Crippen molar-refractivity contribution in [3.8, 4) is 22.8 Å². The first kappa shape index (κ1) is 25.4. The van der Waals surface area contributed by atoms with Gasteiger partial charge in [-0.25, -0.2) is 9.78 Å². The molecule has 5 nitrogen and oxygen atoms in total. The van der Waals surface area contributed by atoms with E-state index in [9.17, 15) is 4.79 Å². The molecule has 0 fully saturated rings. The molecule has 0 N–H and O–H groups in total. The molecule has 35 heavy (non-hydrogen) atoms. The van der Waals surface area contributed by atoms with Crippen molar-refractivity contribution >= 4 is 52.4 Å². The zero-order valence-corrected chi connectivity index (χ0v) is 21.6. The Morgan fingerprint density at radius 2 is 1.60 bits per heavy atom. The summed E-state index contributed by atoms with van der Waals surface area (Å²) in [6, 6.07) is 24.6. The number of carbonyl (C=O) groups is 1. The molecule has 0 bridgehead atoms. The molecule has 9 heteroatoms. The number of imidazole rings is 1. The van der Waals surface area contributed by atoms with Gasteiger partial charge in [-0.2, -0.15) is 0 Å². The fourth-order valence-corrected chi connectivity index (χ4v) is 3.87.